The number of fused-ring (bicyclic) bond motifs is 1. The Morgan fingerprint density at radius 1 is 1.04 bits per heavy atom. The first-order valence-electron chi connectivity index (χ1n) is 8.66. The molecule has 27 heavy (non-hydrogen) atoms. The van der Waals surface area contributed by atoms with E-state index in [2.05, 4.69) is 11.4 Å². The highest BCUT2D eigenvalue weighted by molar-refractivity contribution is 7.91. The van der Waals surface area contributed by atoms with Gasteiger partial charge in [-0.25, -0.2) is 8.42 Å². The summed E-state index contributed by atoms with van der Waals surface area (Å²) in [5, 5.41) is 4.45. The zero-order valence-corrected chi connectivity index (χ0v) is 16.7. The molecule has 0 saturated heterocycles. The van der Waals surface area contributed by atoms with E-state index in [0.717, 1.165) is 16.0 Å². The lowest BCUT2D eigenvalue weighted by Gasteiger charge is -2.24. The molecule has 2 aromatic carbocycles. The molecule has 1 aliphatic rings. The summed E-state index contributed by atoms with van der Waals surface area (Å²) < 4.78 is 26.1. The van der Waals surface area contributed by atoms with Crippen LogP contribution in [-0.4, -0.2) is 14.3 Å². The third kappa shape index (κ3) is 3.09. The van der Waals surface area contributed by atoms with Gasteiger partial charge in [-0.1, -0.05) is 36.4 Å². The third-order valence-electron chi connectivity index (χ3n) is 5.03. The molecule has 0 aliphatic carbocycles. The van der Waals surface area contributed by atoms with E-state index in [4.69, 9.17) is 0 Å². The molecule has 1 amide bonds. The summed E-state index contributed by atoms with van der Waals surface area (Å²) in [5.74, 6) is -0.286. The van der Waals surface area contributed by atoms with Crippen molar-refractivity contribution in [2.24, 2.45) is 0 Å². The van der Waals surface area contributed by atoms with Gasteiger partial charge >= 0.3 is 0 Å². The van der Waals surface area contributed by atoms with Gasteiger partial charge in [0.05, 0.1) is 10.6 Å². The number of amides is 1. The van der Waals surface area contributed by atoms with Gasteiger partial charge in [-0.05, 0) is 42.7 Å². The Bertz CT molecular complexity index is 1130. The molecule has 1 aliphatic heterocycles. The minimum Gasteiger partial charge on any atom is -0.324 e. The van der Waals surface area contributed by atoms with Crippen LogP contribution in [0.15, 0.2) is 63.7 Å². The number of thiophene rings is 1. The summed E-state index contributed by atoms with van der Waals surface area (Å²) in [6.45, 7) is 4.09. The van der Waals surface area contributed by atoms with Crippen molar-refractivity contribution in [2.75, 3.05) is 5.32 Å². The minimum atomic E-state index is -3.69. The Hall–Kier alpha value is -2.44. The van der Waals surface area contributed by atoms with Crippen LogP contribution in [0.3, 0.4) is 0 Å². The maximum atomic E-state index is 13.1. The number of hydrogen-bond acceptors (Lipinski definition) is 4. The van der Waals surface area contributed by atoms with Gasteiger partial charge in [-0.3, -0.25) is 4.79 Å². The fourth-order valence-electron chi connectivity index (χ4n) is 3.38. The summed E-state index contributed by atoms with van der Waals surface area (Å²) >= 11 is 1.39. The lowest BCUT2D eigenvalue weighted by molar-refractivity contribution is -0.116. The molecule has 6 heteroatoms. The molecule has 0 saturated carbocycles. The highest BCUT2D eigenvalue weighted by atomic mass is 32.2. The first-order valence-corrected chi connectivity index (χ1v) is 11.0. The first kappa shape index (κ1) is 17.9. The smallest absolute Gasteiger partial charge is 0.225 e. The average Bonchev–Trinajstić information content (AvgIpc) is 3.08. The van der Waals surface area contributed by atoms with Crippen molar-refractivity contribution in [3.05, 3.63) is 75.5 Å². The number of carbonyl (C=O) groups excluding carboxylic acids is 1. The SMILES string of the molecule is Cc1ccc([C@H]2CC(=O)Nc3c(S(=O)(=O)c4ccccc4)csc32)cc1C. The Morgan fingerprint density at radius 2 is 1.78 bits per heavy atom. The maximum absolute atomic E-state index is 13.1. The zero-order chi connectivity index (χ0) is 19.2. The Balaban J connectivity index is 1.84. The average molecular weight is 398 g/mol. The number of sulfone groups is 1. The van der Waals surface area contributed by atoms with E-state index < -0.39 is 9.84 Å². The zero-order valence-electron chi connectivity index (χ0n) is 15.0. The normalized spacial score (nSPS) is 16.7. The molecule has 138 valence electrons. The summed E-state index contributed by atoms with van der Waals surface area (Å²) in [6.07, 6.45) is 0.320. The fourth-order valence-corrected chi connectivity index (χ4v) is 6.31. The molecule has 1 aromatic heterocycles. The highest BCUT2D eigenvalue weighted by Gasteiger charge is 2.34. The van der Waals surface area contributed by atoms with E-state index in [1.165, 1.54) is 16.9 Å². The Kier molecular flexibility index (Phi) is 4.40. The van der Waals surface area contributed by atoms with Gasteiger partial charge in [0.25, 0.3) is 0 Å². The Labute approximate surface area is 162 Å². The lowest BCUT2D eigenvalue weighted by Crippen LogP contribution is -2.23. The van der Waals surface area contributed by atoms with E-state index in [9.17, 15) is 13.2 Å². The molecular weight excluding hydrogens is 378 g/mol. The van der Waals surface area contributed by atoms with Gasteiger partial charge in [0.15, 0.2) is 0 Å². The van der Waals surface area contributed by atoms with Gasteiger partial charge < -0.3 is 5.32 Å². The largest absolute Gasteiger partial charge is 0.324 e. The van der Waals surface area contributed by atoms with E-state index in [1.807, 2.05) is 26.0 Å². The van der Waals surface area contributed by atoms with Crippen LogP contribution >= 0.6 is 11.3 Å². The number of benzene rings is 2. The molecule has 0 fully saturated rings. The summed E-state index contributed by atoms with van der Waals surface area (Å²) in [5.41, 5.74) is 3.83. The van der Waals surface area contributed by atoms with Crippen molar-refractivity contribution in [3.8, 4) is 0 Å². The molecule has 1 atom stereocenters. The van der Waals surface area contributed by atoms with Crippen molar-refractivity contribution in [3.63, 3.8) is 0 Å². The van der Waals surface area contributed by atoms with Crippen LogP contribution in [0.5, 0.6) is 0 Å². The van der Waals surface area contributed by atoms with E-state index in [-0.39, 0.29) is 21.6 Å². The highest BCUT2D eigenvalue weighted by Crippen LogP contribution is 2.46. The summed E-state index contributed by atoms with van der Waals surface area (Å²) in [6, 6.07) is 14.5. The number of hydrogen-bond donors (Lipinski definition) is 1. The minimum absolute atomic E-state index is 0.127. The van der Waals surface area contributed by atoms with Gasteiger partial charge in [-0.2, -0.15) is 0 Å². The number of nitrogens with one attached hydrogen (secondary N) is 1. The number of rotatable bonds is 3. The van der Waals surface area contributed by atoms with Crippen LogP contribution in [0.25, 0.3) is 0 Å². The third-order valence-corrected chi connectivity index (χ3v) is 8.07. The van der Waals surface area contributed by atoms with Crippen molar-refractivity contribution in [2.45, 2.75) is 36.0 Å². The molecule has 0 radical (unpaired) electrons. The van der Waals surface area contributed by atoms with Gasteiger partial charge in [0.1, 0.15) is 4.90 Å². The molecule has 0 spiro atoms. The van der Waals surface area contributed by atoms with Crippen LogP contribution in [0.4, 0.5) is 5.69 Å². The first-order chi connectivity index (χ1) is 12.9. The quantitative estimate of drug-likeness (QED) is 0.698. The summed E-state index contributed by atoms with van der Waals surface area (Å²) in [4.78, 5) is 13.7. The molecule has 3 aromatic rings. The molecule has 2 heterocycles. The van der Waals surface area contributed by atoms with E-state index in [1.54, 1.807) is 35.7 Å². The molecule has 4 rings (SSSR count). The predicted molar refractivity (Wildman–Crippen MR) is 107 cm³/mol. The topological polar surface area (TPSA) is 63.2 Å². The van der Waals surface area contributed by atoms with E-state index in [0.29, 0.717) is 12.1 Å². The number of anilines is 1. The van der Waals surface area contributed by atoms with Gasteiger partial charge in [-0.15, -0.1) is 11.3 Å². The van der Waals surface area contributed by atoms with Gasteiger partial charge in [0, 0.05) is 22.6 Å². The fraction of sp³-hybridized carbons (Fsp3) is 0.190. The van der Waals surface area contributed by atoms with Crippen LogP contribution in [0, 0.1) is 13.8 Å². The maximum Gasteiger partial charge on any atom is 0.225 e. The van der Waals surface area contributed by atoms with E-state index >= 15 is 0 Å². The van der Waals surface area contributed by atoms with Gasteiger partial charge in [0.2, 0.25) is 15.7 Å². The molecule has 1 N–H and O–H groups in total. The second kappa shape index (κ2) is 6.62. The molecule has 0 bridgehead atoms. The Morgan fingerprint density at radius 3 is 2.48 bits per heavy atom. The van der Waals surface area contributed by atoms with Crippen LogP contribution in [0.1, 0.15) is 33.9 Å². The standard InChI is InChI=1S/C21H19NO3S2/c1-13-8-9-15(10-14(13)2)17-11-19(23)22-20-18(12-26-21(17)20)27(24,25)16-6-4-3-5-7-16/h3-10,12,17H,11H2,1-2H3,(H,22,23)/t17-/m1/s1. The molecule has 0 unspecified atom stereocenters. The van der Waals surface area contributed by atoms with Crippen molar-refractivity contribution >= 4 is 32.8 Å². The second-order valence-corrected chi connectivity index (χ2v) is 9.63. The molecule has 4 nitrogen and oxygen atoms in total. The lowest BCUT2D eigenvalue weighted by atomic mass is 9.89. The van der Waals surface area contributed by atoms with Crippen LogP contribution < -0.4 is 5.32 Å². The second-order valence-electron chi connectivity index (χ2n) is 6.80. The van der Waals surface area contributed by atoms with Crippen LogP contribution in [0.2, 0.25) is 0 Å². The number of aryl methyl sites for hydroxylation is 2. The monoisotopic (exact) mass is 397 g/mol. The molecular formula is C21H19NO3S2. The van der Waals surface area contributed by atoms with Crippen molar-refractivity contribution in [1.29, 1.82) is 0 Å². The van der Waals surface area contributed by atoms with Crippen LogP contribution in [-0.2, 0) is 14.6 Å². The van der Waals surface area contributed by atoms with Crippen molar-refractivity contribution < 1.29 is 13.2 Å². The number of carbonyl (C=O) groups is 1. The predicted octanol–water partition coefficient (Wildman–Crippen LogP) is 4.67. The van der Waals surface area contributed by atoms with Crippen molar-refractivity contribution in [1.82, 2.24) is 0 Å². The summed E-state index contributed by atoms with van der Waals surface area (Å²) in [7, 11) is -3.69.